The first-order valence-electron chi connectivity index (χ1n) is 13.3. The first-order valence-corrected chi connectivity index (χ1v) is 13.3. The van der Waals surface area contributed by atoms with Crippen molar-refractivity contribution in [3.8, 4) is 11.8 Å². The SMILES string of the molecule is CC(O)C(NC(=O)c1ccc(C#Cc2ccc(NC(=O)CN3CCN(c4ccccc4)CC3)cc2)cc1)C(=O)NO. The van der Waals surface area contributed by atoms with E-state index < -0.39 is 24.0 Å². The van der Waals surface area contributed by atoms with Crippen LogP contribution in [0.3, 0.4) is 0 Å². The fourth-order valence-electron chi connectivity index (χ4n) is 4.39. The Morgan fingerprint density at radius 2 is 1.44 bits per heavy atom. The second-order valence-electron chi connectivity index (χ2n) is 9.72. The molecule has 0 saturated carbocycles. The standard InChI is InChI=1S/C31H33N5O5/c1-22(37)29(31(40)34-41)33-30(39)25-13-9-23(10-14-25)7-8-24-11-15-26(16-12-24)32-28(38)21-35-17-19-36(20-18-35)27-5-3-2-4-6-27/h2-6,9-16,22,29,37,41H,17-21H2,1H3,(H,32,38)(H,33,39)(H,34,40). The first kappa shape index (κ1) is 29.3. The molecule has 1 aliphatic rings. The van der Waals surface area contributed by atoms with Crippen LogP contribution in [0.4, 0.5) is 11.4 Å². The number of piperazine rings is 1. The lowest BCUT2D eigenvalue weighted by Crippen LogP contribution is -2.51. The quantitative estimate of drug-likeness (QED) is 0.163. The highest BCUT2D eigenvalue weighted by Gasteiger charge is 2.25. The van der Waals surface area contributed by atoms with Gasteiger partial charge in [-0.3, -0.25) is 24.5 Å². The molecule has 3 aromatic carbocycles. The molecule has 3 amide bonds. The van der Waals surface area contributed by atoms with Crippen LogP contribution in [-0.2, 0) is 9.59 Å². The van der Waals surface area contributed by atoms with Gasteiger partial charge in [-0.2, -0.15) is 0 Å². The van der Waals surface area contributed by atoms with Crippen LogP contribution in [0.15, 0.2) is 78.9 Å². The molecule has 1 heterocycles. The number of aliphatic hydroxyl groups is 1. The Kier molecular flexibility index (Phi) is 10.1. The number of nitrogens with zero attached hydrogens (tertiary/aromatic N) is 2. The molecule has 10 nitrogen and oxygen atoms in total. The average Bonchev–Trinajstić information content (AvgIpc) is 3.00. The number of carbonyl (C=O) groups excluding carboxylic acids is 3. The van der Waals surface area contributed by atoms with E-state index >= 15 is 0 Å². The highest BCUT2D eigenvalue weighted by Crippen LogP contribution is 2.16. The summed E-state index contributed by atoms with van der Waals surface area (Å²) in [5.41, 5.74) is 5.03. The zero-order chi connectivity index (χ0) is 29.2. The van der Waals surface area contributed by atoms with Gasteiger partial charge in [-0.05, 0) is 67.6 Å². The van der Waals surface area contributed by atoms with Gasteiger partial charge in [0.1, 0.15) is 6.04 Å². The normalized spacial score (nSPS) is 14.7. The van der Waals surface area contributed by atoms with E-state index in [1.54, 1.807) is 24.3 Å². The highest BCUT2D eigenvalue weighted by atomic mass is 16.5. The lowest BCUT2D eigenvalue weighted by Gasteiger charge is -2.35. The average molecular weight is 556 g/mol. The van der Waals surface area contributed by atoms with Gasteiger partial charge in [0.15, 0.2) is 0 Å². The van der Waals surface area contributed by atoms with Crippen molar-refractivity contribution in [3.05, 3.63) is 95.6 Å². The molecule has 4 rings (SSSR count). The molecule has 0 radical (unpaired) electrons. The van der Waals surface area contributed by atoms with Gasteiger partial charge in [-0.1, -0.05) is 30.0 Å². The number of hydrogen-bond acceptors (Lipinski definition) is 7. The van der Waals surface area contributed by atoms with Gasteiger partial charge in [0.2, 0.25) is 5.91 Å². The van der Waals surface area contributed by atoms with Crippen molar-refractivity contribution in [1.82, 2.24) is 15.7 Å². The summed E-state index contributed by atoms with van der Waals surface area (Å²) in [4.78, 5) is 41.1. The number of aliphatic hydroxyl groups excluding tert-OH is 1. The summed E-state index contributed by atoms with van der Waals surface area (Å²) in [5.74, 6) is 4.53. The molecule has 10 heteroatoms. The molecule has 0 aromatic heterocycles. The monoisotopic (exact) mass is 555 g/mol. The fourth-order valence-corrected chi connectivity index (χ4v) is 4.39. The number of nitrogens with one attached hydrogen (secondary N) is 3. The molecule has 41 heavy (non-hydrogen) atoms. The van der Waals surface area contributed by atoms with Crippen LogP contribution in [-0.4, -0.2) is 77.8 Å². The number of hydrogen-bond donors (Lipinski definition) is 5. The minimum atomic E-state index is -1.30. The van der Waals surface area contributed by atoms with Gasteiger partial charge >= 0.3 is 0 Å². The molecule has 2 unspecified atom stereocenters. The van der Waals surface area contributed by atoms with E-state index in [0.717, 1.165) is 31.7 Å². The number of hydroxylamine groups is 1. The lowest BCUT2D eigenvalue weighted by molar-refractivity contribution is -0.133. The van der Waals surface area contributed by atoms with Crippen molar-refractivity contribution in [2.75, 3.05) is 42.9 Å². The van der Waals surface area contributed by atoms with E-state index in [9.17, 15) is 19.5 Å². The molecule has 5 N–H and O–H groups in total. The molecule has 0 spiro atoms. The summed E-state index contributed by atoms with van der Waals surface area (Å²) in [6.07, 6.45) is -1.20. The Morgan fingerprint density at radius 1 is 0.854 bits per heavy atom. The summed E-state index contributed by atoms with van der Waals surface area (Å²) >= 11 is 0. The van der Waals surface area contributed by atoms with Gasteiger partial charge in [0.05, 0.1) is 12.6 Å². The van der Waals surface area contributed by atoms with E-state index in [4.69, 9.17) is 5.21 Å². The maximum Gasteiger partial charge on any atom is 0.268 e. The van der Waals surface area contributed by atoms with Crippen LogP contribution < -0.4 is 21.0 Å². The largest absolute Gasteiger partial charge is 0.391 e. The Hall–Kier alpha value is -4.69. The van der Waals surface area contributed by atoms with Crippen molar-refractivity contribution >= 4 is 29.1 Å². The molecule has 0 aliphatic carbocycles. The van der Waals surface area contributed by atoms with E-state index in [0.29, 0.717) is 17.8 Å². The zero-order valence-corrected chi connectivity index (χ0v) is 22.7. The van der Waals surface area contributed by atoms with Crippen LogP contribution in [0.5, 0.6) is 0 Å². The molecule has 1 aliphatic heterocycles. The molecule has 1 fully saturated rings. The van der Waals surface area contributed by atoms with Crippen LogP contribution in [0.1, 0.15) is 28.4 Å². The van der Waals surface area contributed by atoms with Gasteiger partial charge in [-0.25, -0.2) is 5.48 Å². The molecular weight excluding hydrogens is 522 g/mol. The second kappa shape index (κ2) is 14.1. The maximum absolute atomic E-state index is 12.6. The van der Waals surface area contributed by atoms with Gasteiger partial charge < -0.3 is 20.6 Å². The molecule has 1 saturated heterocycles. The molecule has 3 aromatic rings. The molecule has 212 valence electrons. The Bertz CT molecular complexity index is 1390. The van der Waals surface area contributed by atoms with Crippen LogP contribution in [0.2, 0.25) is 0 Å². The number of benzene rings is 3. The lowest BCUT2D eigenvalue weighted by atomic mass is 10.1. The third-order valence-corrected chi connectivity index (χ3v) is 6.69. The third-order valence-electron chi connectivity index (χ3n) is 6.69. The van der Waals surface area contributed by atoms with E-state index in [2.05, 4.69) is 44.4 Å². The van der Waals surface area contributed by atoms with Crippen molar-refractivity contribution in [1.29, 1.82) is 0 Å². The Labute approximate surface area is 238 Å². The van der Waals surface area contributed by atoms with Crippen molar-refractivity contribution in [2.45, 2.75) is 19.1 Å². The highest BCUT2D eigenvalue weighted by molar-refractivity contribution is 5.97. The predicted octanol–water partition coefficient (Wildman–Crippen LogP) is 1.83. The van der Waals surface area contributed by atoms with E-state index in [-0.39, 0.29) is 11.5 Å². The van der Waals surface area contributed by atoms with E-state index in [1.165, 1.54) is 18.1 Å². The topological polar surface area (TPSA) is 134 Å². The minimum absolute atomic E-state index is 0.0575. The number of carbonyl (C=O) groups is 3. The van der Waals surface area contributed by atoms with Crippen LogP contribution >= 0.6 is 0 Å². The molecule has 2 atom stereocenters. The van der Waals surface area contributed by atoms with Crippen LogP contribution in [0.25, 0.3) is 0 Å². The Morgan fingerprint density at radius 3 is 2.00 bits per heavy atom. The Balaban J connectivity index is 1.25. The molecule has 0 bridgehead atoms. The third kappa shape index (κ3) is 8.40. The number of para-hydroxylation sites is 1. The number of anilines is 2. The smallest absolute Gasteiger partial charge is 0.268 e. The van der Waals surface area contributed by atoms with Gasteiger partial charge in [0, 0.05) is 54.2 Å². The summed E-state index contributed by atoms with van der Waals surface area (Å²) in [6.45, 7) is 5.08. The van der Waals surface area contributed by atoms with Crippen molar-refractivity contribution in [3.63, 3.8) is 0 Å². The van der Waals surface area contributed by atoms with Gasteiger partial charge in [-0.15, -0.1) is 0 Å². The maximum atomic E-state index is 12.6. The second-order valence-corrected chi connectivity index (χ2v) is 9.72. The summed E-state index contributed by atoms with van der Waals surface area (Å²) in [7, 11) is 0. The van der Waals surface area contributed by atoms with Crippen molar-refractivity contribution in [2.24, 2.45) is 0 Å². The fraction of sp³-hybridized carbons (Fsp3) is 0.258. The first-order chi connectivity index (χ1) is 19.8. The minimum Gasteiger partial charge on any atom is -0.391 e. The van der Waals surface area contributed by atoms with Crippen LogP contribution in [0, 0.1) is 11.8 Å². The van der Waals surface area contributed by atoms with E-state index in [1.807, 2.05) is 42.5 Å². The molecular formula is C31H33N5O5. The predicted molar refractivity (Wildman–Crippen MR) is 155 cm³/mol. The summed E-state index contributed by atoms with van der Waals surface area (Å²) in [5, 5.41) is 23.8. The summed E-state index contributed by atoms with van der Waals surface area (Å²) < 4.78 is 0. The summed E-state index contributed by atoms with van der Waals surface area (Å²) in [6, 6.07) is 22.7. The number of rotatable bonds is 8. The van der Waals surface area contributed by atoms with Gasteiger partial charge in [0.25, 0.3) is 11.8 Å². The number of amides is 3. The zero-order valence-electron chi connectivity index (χ0n) is 22.7. The van der Waals surface area contributed by atoms with Crippen molar-refractivity contribution < 1.29 is 24.7 Å².